The van der Waals surface area contributed by atoms with E-state index in [1.165, 1.54) is 6.07 Å². The number of pyridine rings is 1. The summed E-state index contributed by atoms with van der Waals surface area (Å²) in [5.74, 6) is 0.910. The highest BCUT2D eigenvalue weighted by atomic mass is 19.4. The third-order valence-corrected chi connectivity index (χ3v) is 4.88. The molecule has 3 aromatic heterocycles. The highest BCUT2D eigenvalue weighted by Crippen LogP contribution is 2.32. The summed E-state index contributed by atoms with van der Waals surface area (Å²) < 4.78 is 63.3. The van der Waals surface area contributed by atoms with Crippen LogP contribution in [0.15, 0.2) is 33.7 Å². The Morgan fingerprint density at radius 2 is 2.09 bits per heavy atom. The molecular weight excluding hydrogens is 450 g/mol. The molecule has 1 fully saturated rings. The molecule has 0 aromatic carbocycles. The molecule has 1 saturated heterocycles. The van der Waals surface area contributed by atoms with Gasteiger partial charge in [0.2, 0.25) is 11.8 Å². The number of anilines is 2. The first-order valence-corrected chi connectivity index (χ1v) is 9.88. The molecule has 0 aliphatic carbocycles. The lowest BCUT2D eigenvalue weighted by Crippen LogP contribution is -2.45. The van der Waals surface area contributed by atoms with Crippen molar-refractivity contribution >= 4 is 11.5 Å². The number of nitrogens with zero attached hydrogens (tertiary/aromatic N) is 5. The van der Waals surface area contributed by atoms with Crippen LogP contribution in [-0.4, -0.2) is 51.1 Å². The Bertz CT molecular complexity index is 1140. The summed E-state index contributed by atoms with van der Waals surface area (Å²) in [6, 6.07) is 2.36. The van der Waals surface area contributed by atoms with Crippen molar-refractivity contribution in [2.75, 3.05) is 29.9 Å². The lowest BCUT2D eigenvalue weighted by Gasteiger charge is -2.38. The molecule has 176 valence electrons. The molecule has 33 heavy (non-hydrogen) atoms. The van der Waals surface area contributed by atoms with Gasteiger partial charge in [-0.2, -0.15) is 18.3 Å². The Kier molecular flexibility index (Phi) is 6.26. The van der Waals surface area contributed by atoms with Gasteiger partial charge in [0.05, 0.1) is 30.6 Å². The van der Waals surface area contributed by atoms with Crippen LogP contribution in [0.2, 0.25) is 0 Å². The molecular formula is C19H19F4N7O3. The van der Waals surface area contributed by atoms with Gasteiger partial charge >= 0.3 is 6.18 Å². The van der Waals surface area contributed by atoms with Crippen LogP contribution < -0.4 is 15.8 Å². The lowest BCUT2D eigenvalue weighted by atomic mass is 10.0. The van der Waals surface area contributed by atoms with E-state index in [-0.39, 0.29) is 25.0 Å². The lowest BCUT2D eigenvalue weighted by molar-refractivity contribution is -0.138. The average molecular weight is 469 g/mol. The molecule has 0 spiro atoms. The molecule has 0 amide bonds. The summed E-state index contributed by atoms with van der Waals surface area (Å²) in [7, 11) is 0. The molecule has 0 saturated carbocycles. The first-order valence-electron chi connectivity index (χ1n) is 9.88. The maximum absolute atomic E-state index is 13.1. The fourth-order valence-corrected chi connectivity index (χ4v) is 3.29. The molecule has 1 aliphatic rings. The summed E-state index contributed by atoms with van der Waals surface area (Å²) >= 11 is 0. The minimum absolute atomic E-state index is 0.00292. The van der Waals surface area contributed by atoms with Crippen LogP contribution in [0.4, 0.5) is 29.1 Å². The molecule has 2 N–H and O–H groups in total. The average Bonchev–Trinajstić information content (AvgIpc) is 3.15. The second kappa shape index (κ2) is 9.13. The van der Waals surface area contributed by atoms with E-state index in [1.54, 1.807) is 18.1 Å². The Hall–Kier alpha value is -3.55. The first-order chi connectivity index (χ1) is 15.7. The smallest absolute Gasteiger partial charge is 0.422 e. The topological polar surface area (TPSA) is 122 Å². The number of alkyl halides is 3. The van der Waals surface area contributed by atoms with Crippen molar-refractivity contribution in [2.24, 2.45) is 0 Å². The Labute approximate surface area is 184 Å². The summed E-state index contributed by atoms with van der Waals surface area (Å²) in [6.45, 7) is 2.75. The monoisotopic (exact) mass is 469 g/mol. The maximum Gasteiger partial charge on any atom is 0.423 e. The van der Waals surface area contributed by atoms with Crippen molar-refractivity contribution < 1.29 is 26.7 Å². The van der Waals surface area contributed by atoms with Crippen molar-refractivity contribution in [3.8, 4) is 0 Å². The maximum atomic E-state index is 13.1. The minimum atomic E-state index is -4.83. The minimum Gasteiger partial charge on any atom is -0.422 e. The van der Waals surface area contributed by atoms with Gasteiger partial charge in [-0.1, -0.05) is 0 Å². The van der Waals surface area contributed by atoms with Gasteiger partial charge in [-0.3, -0.25) is 4.79 Å². The van der Waals surface area contributed by atoms with Crippen LogP contribution in [0.3, 0.4) is 0 Å². The summed E-state index contributed by atoms with van der Waals surface area (Å²) in [5, 5.41) is 15.7. The largest absolute Gasteiger partial charge is 0.423 e. The van der Waals surface area contributed by atoms with E-state index in [9.17, 15) is 22.4 Å². The zero-order chi connectivity index (χ0) is 23.6. The zero-order valence-electron chi connectivity index (χ0n) is 17.3. The van der Waals surface area contributed by atoms with Crippen LogP contribution in [0.5, 0.6) is 0 Å². The highest BCUT2D eigenvalue weighted by Gasteiger charge is 2.37. The highest BCUT2D eigenvalue weighted by molar-refractivity contribution is 5.50. The summed E-state index contributed by atoms with van der Waals surface area (Å²) in [6.07, 6.45) is -2.78. The number of hydrogen-bond donors (Lipinski definition) is 2. The second-order valence-corrected chi connectivity index (χ2v) is 7.52. The molecule has 1 aliphatic heterocycles. The zero-order valence-corrected chi connectivity index (χ0v) is 17.3. The van der Waals surface area contributed by atoms with Crippen molar-refractivity contribution in [1.29, 1.82) is 0 Å². The number of rotatable bonds is 8. The number of hydrogen-bond acceptors (Lipinski definition) is 9. The number of nitrogens with one attached hydrogen (secondary N) is 2. The molecule has 1 unspecified atom stereocenters. The quantitative estimate of drug-likeness (QED) is 0.479. The van der Waals surface area contributed by atoms with Crippen molar-refractivity contribution in [3.63, 3.8) is 0 Å². The van der Waals surface area contributed by atoms with Gasteiger partial charge in [0.25, 0.3) is 5.56 Å². The van der Waals surface area contributed by atoms with Gasteiger partial charge in [-0.05, 0) is 19.1 Å². The number of aromatic amines is 1. The van der Waals surface area contributed by atoms with E-state index in [1.807, 2.05) is 4.90 Å². The van der Waals surface area contributed by atoms with Gasteiger partial charge in [0, 0.05) is 19.1 Å². The normalized spacial score (nSPS) is 15.4. The standard InChI is InChI=1S/C19H19F4N7O3/c1-10(26-13-5-25-28-17(31)16(13)19(21,22)23)8-32-9-15-27-29-18(33-15)11-6-30(7-11)14-3-2-12(20)4-24-14/h2-5,10-11H,6-9H2,1H3,(H2,26,28,31). The molecule has 4 heterocycles. The molecule has 3 aromatic rings. The van der Waals surface area contributed by atoms with Crippen LogP contribution in [0.1, 0.15) is 30.2 Å². The Morgan fingerprint density at radius 1 is 1.30 bits per heavy atom. The molecule has 14 heteroatoms. The fourth-order valence-electron chi connectivity index (χ4n) is 3.29. The van der Waals surface area contributed by atoms with Crippen molar-refractivity contribution in [2.45, 2.75) is 31.7 Å². The van der Waals surface area contributed by atoms with Gasteiger partial charge in [-0.25, -0.2) is 14.5 Å². The van der Waals surface area contributed by atoms with Gasteiger partial charge in [0.15, 0.2) is 0 Å². The van der Waals surface area contributed by atoms with E-state index in [0.29, 0.717) is 24.8 Å². The predicted molar refractivity (Wildman–Crippen MR) is 106 cm³/mol. The third kappa shape index (κ3) is 5.27. The SMILES string of the molecule is CC(COCc1nnc(C2CN(c3ccc(F)cn3)C2)o1)Nc1cn[nH]c(=O)c1C(F)(F)F. The fraction of sp³-hybridized carbons (Fsp3) is 0.421. The molecule has 1 atom stereocenters. The third-order valence-electron chi connectivity index (χ3n) is 4.88. The molecule has 0 radical (unpaired) electrons. The number of H-pyrrole nitrogens is 1. The first kappa shape index (κ1) is 22.6. The predicted octanol–water partition coefficient (Wildman–Crippen LogP) is 2.33. The van der Waals surface area contributed by atoms with Gasteiger partial charge < -0.3 is 19.4 Å². The van der Waals surface area contributed by atoms with Gasteiger partial charge in [-0.15, -0.1) is 10.2 Å². The molecule has 4 rings (SSSR count). The van der Waals surface area contributed by atoms with Crippen LogP contribution in [-0.2, 0) is 17.5 Å². The summed E-state index contributed by atoms with van der Waals surface area (Å²) in [4.78, 5) is 17.5. The Balaban J connectivity index is 1.25. The van der Waals surface area contributed by atoms with Gasteiger partial charge in [0.1, 0.15) is 23.8 Å². The molecule has 0 bridgehead atoms. The van der Waals surface area contributed by atoms with Crippen LogP contribution >= 0.6 is 0 Å². The van der Waals surface area contributed by atoms with E-state index >= 15 is 0 Å². The number of aromatic nitrogens is 5. The Morgan fingerprint density at radius 3 is 2.79 bits per heavy atom. The van der Waals surface area contributed by atoms with E-state index in [2.05, 4.69) is 25.6 Å². The molecule has 10 nitrogen and oxygen atoms in total. The van der Waals surface area contributed by atoms with E-state index in [0.717, 1.165) is 12.4 Å². The van der Waals surface area contributed by atoms with Crippen molar-refractivity contribution in [1.82, 2.24) is 25.4 Å². The van der Waals surface area contributed by atoms with Crippen molar-refractivity contribution in [3.05, 3.63) is 58.0 Å². The van der Waals surface area contributed by atoms with E-state index < -0.39 is 34.8 Å². The van der Waals surface area contributed by atoms with E-state index in [4.69, 9.17) is 9.15 Å². The number of ether oxygens (including phenoxy) is 1. The summed E-state index contributed by atoms with van der Waals surface area (Å²) in [5.41, 5.74) is -3.12. The number of halogens is 4. The van der Waals surface area contributed by atoms with Crippen LogP contribution in [0, 0.1) is 5.82 Å². The second-order valence-electron chi connectivity index (χ2n) is 7.52. The van der Waals surface area contributed by atoms with Crippen LogP contribution in [0.25, 0.3) is 0 Å².